The Morgan fingerprint density at radius 2 is 2.16 bits per heavy atom. The molecule has 0 aliphatic rings. The molecule has 7 heteroatoms. The van der Waals surface area contributed by atoms with Crippen LogP contribution < -0.4 is 10.1 Å². The van der Waals surface area contributed by atoms with Gasteiger partial charge in [0.25, 0.3) is 0 Å². The van der Waals surface area contributed by atoms with Crippen molar-refractivity contribution in [3.05, 3.63) is 35.1 Å². The summed E-state index contributed by atoms with van der Waals surface area (Å²) in [6.45, 7) is 0. The lowest BCUT2D eigenvalue weighted by Gasteiger charge is -2.05. The molecule has 2 rings (SSSR count). The van der Waals surface area contributed by atoms with Crippen LogP contribution in [-0.2, 0) is 4.74 Å². The molecule has 19 heavy (non-hydrogen) atoms. The first-order valence-corrected chi connectivity index (χ1v) is 6.10. The van der Waals surface area contributed by atoms with Crippen molar-refractivity contribution in [2.45, 2.75) is 0 Å². The number of halogens is 1. The molecular formula is C12H11FN2O3S. The zero-order valence-electron chi connectivity index (χ0n) is 10.3. The van der Waals surface area contributed by atoms with Gasteiger partial charge in [0.2, 0.25) is 0 Å². The molecule has 1 aromatic heterocycles. The fourth-order valence-corrected chi connectivity index (χ4v) is 2.16. The van der Waals surface area contributed by atoms with Gasteiger partial charge >= 0.3 is 5.97 Å². The Morgan fingerprint density at radius 1 is 1.37 bits per heavy atom. The van der Waals surface area contributed by atoms with Gasteiger partial charge in [-0.1, -0.05) is 11.3 Å². The highest BCUT2D eigenvalue weighted by Crippen LogP contribution is 2.26. The van der Waals surface area contributed by atoms with Crippen LogP contribution in [-0.4, -0.2) is 25.2 Å². The summed E-state index contributed by atoms with van der Waals surface area (Å²) in [4.78, 5) is 15.7. The Balaban J connectivity index is 2.19. The molecular weight excluding hydrogens is 271 g/mol. The van der Waals surface area contributed by atoms with Crippen molar-refractivity contribution in [3.63, 3.8) is 0 Å². The van der Waals surface area contributed by atoms with Crippen molar-refractivity contribution >= 4 is 28.1 Å². The first kappa shape index (κ1) is 13.3. The molecule has 1 heterocycles. The summed E-state index contributed by atoms with van der Waals surface area (Å²) in [5.74, 6) is -0.485. The summed E-state index contributed by atoms with van der Waals surface area (Å²) in [7, 11) is 2.75. The number of anilines is 2. The molecule has 0 amide bonds. The van der Waals surface area contributed by atoms with Crippen molar-refractivity contribution in [2.24, 2.45) is 0 Å². The first-order valence-electron chi connectivity index (χ1n) is 5.28. The predicted octanol–water partition coefficient (Wildman–Crippen LogP) is 2.82. The summed E-state index contributed by atoms with van der Waals surface area (Å²) in [5, 5.41) is 3.36. The van der Waals surface area contributed by atoms with E-state index in [0.29, 0.717) is 21.4 Å². The third-order valence-corrected chi connectivity index (χ3v) is 3.14. The molecule has 0 aliphatic carbocycles. The number of benzene rings is 1. The van der Waals surface area contributed by atoms with E-state index in [1.807, 2.05) is 0 Å². The number of nitrogens with one attached hydrogen (secondary N) is 1. The number of thiazole rings is 1. The number of carbonyl (C=O) groups is 1. The maximum atomic E-state index is 13.3. The number of esters is 1. The van der Waals surface area contributed by atoms with Crippen molar-refractivity contribution in [1.82, 2.24) is 4.98 Å². The van der Waals surface area contributed by atoms with Crippen LogP contribution in [0.5, 0.6) is 5.75 Å². The normalized spacial score (nSPS) is 10.1. The van der Waals surface area contributed by atoms with Gasteiger partial charge in [-0.2, -0.15) is 0 Å². The number of rotatable bonds is 4. The quantitative estimate of drug-likeness (QED) is 0.874. The highest BCUT2D eigenvalue weighted by Gasteiger charge is 2.11. The lowest BCUT2D eigenvalue weighted by molar-refractivity contribution is 0.0606. The standard InChI is InChI=1S/C12H11FN2O3S/c1-17-9-4-7(13)3-8(5-9)15-12-14-6-10(19-12)11(16)18-2/h3-6H,1-2H3,(H,14,15). The van der Waals surface area contributed by atoms with Gasteiger partial charge in [-0.15, -0.1) is 0 Å². The number of aromatic nitrogens is 1. The first-order chi connectivity index (χ1) is 9.12. The van der Waals surface area contributed by atoms with Crippen molar-refractivity contribution in [2.75, 3.05) is 19.5 Å². The molecule has 0 saturated carbocycles. The molecule has 0 spiro atoms. The van der Waals surface area contributed by atoms with E-state index in [2.05, 4.69) is 15.0 Å². The Hall–Kier alpha value is -2.15. The van der Waals surface area contributed by atoms with E-state index in [0.717, 1.165) is 11.3 Å². The summed E-state index contributed by atoms with van der Waals surface area (Å²) >= 11 is 1.12. The number of nitrogens with zero attached hydrogens (tertiary/aromatic N) is 1. The number of hydrogen-bond donors (Lipinski definition) is 1. The molecule has 5 nitrogen and oxygen atoms in total. The molecule has 100 valence electrons. The fourth-order valence-electron chi connectivity index (χ4n) is 1.40. The molecule has 2 aromatic rings. The second kappa shape index (κ2) is 5.66. The third kappa shape index (κ3) is 3.19. The van der Waals surface area contributed by atoms with E-state index in [4.69, 9.17) is 4.74 Å². The highest BCUT2D eigenvalue weighted by molar-refractivity contribution is 7.17. The minimum atomic E-state index is -0.456. The van der Waals surface area contributed by atoms with Gasteiger partial charge in [0.15, 0.2) is 5.13 Å². The molecule has 1 aromatic carbocycles. The average Bonchev–Trinajstić information content (AvgIpc) is 2.85. The highest BCUT2D eigenvalue weighted by atomic mass is 32.1. The SMILES string of the molecule is COC(=O)c1cnc(Nc2cc(F)cc(OC)c2)s1. The van der Waals surface area contributed by atoms with Gasteiger partial charge in [-0.25, -0.2) is 14.2 Å². The molecule has 0 radical (unpaired) electrons. The smallest absolute Gasteiger partial charge is 0.349 e. The zero-order valence-corrected chi connectivity index (χ0v) is 11.1. The van der Waals surface area contributed by atoms with Crippen LogP contribution in [0, 0.1) is 5.82 Å². The van der Waals surface area contributed by atoms with Gasteiger partial charge < -0.3 is 14.8 Å². The van der Waals surface area contributed by atoms with E-state index in [1.54, 1.807) is 6.07 Å². The number of carbonyl (C=O) groups excluding carboxylic acids is 1. The van der Waals surface area contributed by atoms with Gasteiger partial charge in [-0.05, 0) is 6.07 Å². The minimum absolute atomic E-state index is 0.369. The fraction of sp³-hybridized carbons (Fsp3) is 0.167. The van der Waals surface area contributed by atoms with Crippen LogP contribution >= 0.6 is 11.3 Å². The molecule has 0 bridgehead atoms. The molecule has 0 atom stereocenters. The average molecular weight is 282 g/mol. The van der Waals surface area contributed by atoms with Crippen molar-refractivity contribution < 1.29 is 18.7 Å². The second-order valence-electron chi connectivity index (χ2n) is 3.53. The lowest BCUT2D eigenvalue weighted by atomic mass is 10.3. The molecule has 0 aliphatic heterocycles. The summed E-state index contributed by atoms with van der Waals surface area (Å²) in [6.07, 6.45) is 1.40. The maximum absolute atomic E-state index is 13.3. The lowest BCUT2D eigenvalue weighted by Crippen LogP contribution is -1.96. The van der Waals surface area contributed by atoms with Gasteiger partial charge in [-0.3, -0.25) is 0 Å². The topological polar surface area (TPSA) is 60.5 Å². The van der Waals surface area contributed by atoms with Crippen LogP contribution in [0.25, 0.3) is 0 Å². The molecule has 0 unspecified atom stereocenters. The van der Waals surface area contributed by atoms with E-state index in [-0.39, 0.29) is 0 Å². The maximum Gasteiger partial charge on any atom is 0.349 e. The van der Waals surface area contributed by atoms with Gasteiger partial charge in [0.05, 0.1) is 20.4 Å². The van der Waals surface area contributed by atoms with E-state index in [9.17, 15) is 9.18 Å². The van der Waals surface area contributed by atoms with Crippen LogP contribution in [0.15, 0.2) is 24.4 Å². The number of hydrogen-bond acceptors (Lipinski definition) is 6. The zero-order chi connectivity index (χ0) is 13.8. The summed E-state index contributed by atoms with van der Waals surface area (Å²) in [5.41, 5.74) is 0.489. The molecule has 1 N–H and O–H groups in total. The van der Waals surface area contributed by atoms with Crippen molar-refractivity contribution in [1.29, 1.82) is 0 Å². The minimum Gasteiger partial charge on any atom is -0.497 e. The molecule has 0 fully saturated rings. The van der Waals surface area contributed by atoms with E-state index < -0.39 is 11.8 Å². The summed E-state index contributed by atoms with van der Waals surface area (Å²) in [6, 6.07) is 4.21. The summed E-state index contributed by atoms with van der Waals surface area (Å²) < 4.78 is 22.8. The molecule has 0 saturated heterocycles. The Labute approximate surface area is 113 Å². The second-order valence-corrected chi connectivity index (χ2v) is 4.56. The van der Waals surface area contributed by atoms with Crippen LogP contribution in [0.3, 0.4) is 0 Å². The van der Waals surface area contributed by atoms with E-state index in [1.165, 1.54) is 32.5 Å². The Kier molecular flexibility index (Phi) is 3.96. The number of methoxy groups -OCH3 is 2. The van der Waals surface area contributed by atoms with Crippen LogP contribution in [0.2, 0.25) is 0 Å². The predicted molar refractivity (Wildman–Crippen MR) is 69.7 cm³/mol. The largest absolute Gasteiger partial charge is 0.497 e. The van der Waals surface area contributed by atoms with Crippen molar-refractivity contribution in [3.8, 4) is 5.75 Å². The van der Waals surface area contributed by atoms with Crippen LogP contribution in [0.4, 0.5) is 15.2 Å². The Morgan fingerprint density at radius 3 is 2.84 bits per heavy atom. The van der Waals surface area contributed by atoms with Crippen LogP contribution in [0.1, 0.15) is 9.67 Å². The third-order valence-electron chi connectivity index (χ3n) is 2.25. The van der Waals surface area contributed by atoms with Gasteiger partial charge in [0, 0.05) is 17.8 Å². The van der Waals surface area contributed by atoms with E-state index >= 15 is 0 Å². The number of ether oxygens (including phenoxy) is 2. The monoisotopic (exact) mass is 282 g/mol. The van der Waals surface area contributed by atoms with Gasteiger partial charge in [0.1, 0.15) is 16.4 Å². The Bertz CT molecular complexity index is 600.